The predicted octanol–water partition coefficient (Wildman–Crippen LogP) is 2.36. The number of rotatable bonds is 2. The van der Waals surface area contributed by atoms with E-state index in [1.165, 1.54) is 12.4 Å². The lowest BCUT2D eigenvalue weighted by atomic mass is 10.1. The van der Waals surface area contributed by atoms with Crippen LogP contribution in [-0.4, -0.2) is 15.8 Å². The monoisotopic (exact) mass is 218 g/mol. The Morgan fingerprint density at radius 2 is 1.87 bits per heavy atom. The molecule has 15 heavy (non-hydrogen) atoms. The zero-order valence-corrected chi connectivity index (χ0v) is 8.48. The van der Waals surface area contributed by atoms with Crippen molar-refractivity contribution in [1.82, 2.24) is 9.97 Å². The molecule has 0 spiro atoms. The molecule has 2 rings (SSSR count). The molecule has 0 saturated carbocycles. The van der Waals surface area contributed by atoms with E-state index in [-0.39, 0.29) is 16.6 Å². The average Bonchev–Trinajstić information content (AvgIpc) is 2.29. The number of nitrogens with zero attached hydrogens (tertiary/aromatic N) is 2. The maximum absolute atomic E-state index is 11.8. The van der Waals surface area contributed by atoms with Gasteiger partial charge in [0.1, 0.15) is 10.8 Å². The molecule has 3 nitrogen and oxygen atoms in total. The van der Waals surface area contributed by atoms with Gasteiger partial charge in [-0.1, -0.05) is 41.9 Å². The lowest BCUT2D eigenvalue weighted by molar-refractivity contribution is 0.103. The lowest BCUT2D eigenvalue weighted by Gasteiger charge is -1.99. The minimum absolute atomic E-state index is 0.175. The zero-order chi connectivity index (χ0) is 10.7. The molecule has 2 aromatic rings. The van der Waals surface area contributed by atoms with Crippen LogP contribution in [0.4, 0.5) is 0 Å². The molecule has 0 aliphatic heterocycles. The van der Waals surface area contributed by atoms with E-state index in [0.717, 1.165) is 0 Å². The van der Waals surface area contributed by atoms with Crippen molar-refractivity contribution in [1.29, 1.82) is 0 Å². The molecule has 4 heteroatoms. The highest BCUT2D eigenvalue weighted by molar-refractivity contribution is 6.29. The number of halogens is 1. The fourth-order valence-corrected chi connectivity index (χ4v) is 1.34. The van der Waals surface area contributed by atoms with Crippen LogP contribution in [0.3, 0.4) is 0 Å². The Morgan fingerprint density at radius 1 is 1.13 bits per heavy atom. The summed E-state index contributed by atoms with van der Waals surface area (Å²) in [7, 11) is 0. The van der Waals surface area contributed by atoms with Gasteiger partial charge in [0.2, 0.25) is 5.78 Å². The second-order valence-corrected chi connectivity index (χ2v) is 3.31. The van der Waals surface area contributed by atoms with Crippen molar-refractivity contribution in [3.63, 3.8) is 0 Å². The molecule has 0 aliphatic carbocycles. The van der Waals surface area contributed by atoms with Crippen LogP contribution in [0.1, 0.15) is 16.1 Å². The molecule has 1 aromatic heterocycles. The molecule has 0 aliphatic rings. The van der Waals surface area contributed by atoms with Crippen molar-refractivity contribution in [2.45, 2.75) is 0 Å². The molecule has 1 heterocycles. The van der Waals surface area contributed by atoms with Crippen molar-refractivity contribution in [3.8, 4) is 0 Å². The summed E-state index contributed by atoms with van der Waals surface area (Å²) in [5.41, 5.74) is 0.836. The average molecular weight is 219 g/mol. The first-order chi connectivity index (χ1) is 7.27. The van der Waals surface area contributed by atoms with Crippen LogP contribution in [0, 0.1) is 0 Å². The number of hydrogen-bond donors (Lipinski definition) is 0. The van der Waals surface area contributed by atoms with Crippen LogP contribution in [0.15, 0.2) is 42.7 Å². The van der Waals surface area contributed by atoms with Gasteiger partial charge in [-0.3, -0.25) is 9.78 Å². The standard InChI is InChI=1S/C11H7ClN2O/c12-10-7-13-6-9(14-10)11(15)8-4-2-1-3-5-8/h1-7H. The zero-order valence-electron chi connectivity index (χ0n) is 7.72. The van der Waals surface area contributed by atoms with E-state index in [1.807, 2.05) is 6.07 Å². The molecule has 0 atom stereocenters. The first-order valence-corrected chi connectivity index (χ1v) is 4.72. The fraction of sp³-hybridized carbons (Fsp3) is 0. The van der Waals surface area contributed by atoms with E-state index in [4.69, 9.17) is 11.6 Å². The number of carbonyl (C=O) groups excluding carboxylic acids is 1. The number of aromatic nitrogens is 2. The Hall–Kier alpha value is -1.74. The summed E-state index contributed by atoms with van der Waals surface area (Å²) in [6, 6.07) is 8.90. The first-order valence-electron chi connectivity index (χ1n) is 4.34. The van der Waals surface area contributed by atoms with Crippen molar-refractivity contribution in [2.75, 3.05) is 0 Å². The molecular weight excluding hydrogens is 212 g/mol. The Morgan fingerprint density at radius 3 is 2.53 bits per heavy atom. The van der Waals surface area contributed by atoms with E-state index in [9.17, 15) is 4.79 Å². The van der Waals surface area contributed by atoms with Crippen molar-refractivity contribution in [3.05, 3.63) is 59.1 Å². The van der Waals surface area contributed by atoms with Gasteiger partial charge in [-0.05, 0) is 0 Å². The molecule has 0 unspecified atom stereocenters. The SMILES string of the molecule is O=C(c1ccccc1)c1cncc(Cl)n1. The summed E-state index contributed by atoms with van der Waals surface area (Å²) in [4.78, 5) is 19.6. The second kappa shape index (κ2) is 4.19. The second-order valence-electron chi connectivity index (χ2n) is 2.92. The van der Waals surface area contributed by atoms with Crippen molar-refractivity contribution >= 4 is 17.4 Å². The van der Waals surface area contributed by atoms with Crippen LogP contribution in [-0.2, 0) is 0 Å². The normalized spacial score (nSPS) is 9.93. The maximum atomic E-state index is 11.8. The van der Waals surface area contributed by atoms with E-state index in [0.29, 0.717) is 5.56 Å². The van der Waals surface area contributed by atoms with E-state index < -0.39 is 0 Å². The van der Waals surface area contributed by atoms with Crippen LogP contribution in [0.2, 0.25) is 5.15 Å². The van der Waals surface area contributed by atoms with Gasteiger partial charge in [-0.15, -0.1) is 0 Å². The third kappa shape index (κ3) is 2.19. The third-order valence-electron chi connectivity index (χ3n) is 1.87. The molecule has 0 radical (unpaired) electrons. The Labute approximate surface area is 91.8 Å². The highest BCUT2D eigenvalue weighted by atomic mass is 35.5. The lowest BCUT2D eigenvalue weighted by Crippen LogP contribution is -2.04. The van der Waals surface area contributed by atoms with Crippen LogP contribution < -0.4 is 0 Å². The maximum Gasteiger partial charge on any atom is 0.212 e. The summed E-state index contributed by atoms with van der Waals surface area (Å²) >= 11 is 5.65. The van der Waals surface area contributed by atoms with Crippen LogP contribution in [0.25, 0.3) is 0 Å². The highest BCUT2D eigenvalue weighted by Gasteiger charge is 2.10. The minimum atomic E-state index is -0.175. The largest absolute Gasteiger partial charge is 0.287 e. The number of ketones is 1. The third-order valence-corrected chi connectivity index (χ3v) is 2.06. The van der Waals surface area contributed by atoms with Gasteiger partial charge < -0.3 is 0 Å². The van der Waals surface area contributed by atoms with Crippen LogP contribution >= 0.6 is 11.6 Å². The number of benzene rings is 1. The Bertz CT molecular complexity index is 485. The summed E-state index contributed by atoms with van der Waals surface area (Å²) in [5.74, 6) is -0.175. The molecule has 74 valence electrons. The molecular formula is C11H7ClN2O. The van der Waals surface area contributed by atoms with Crippen LogP contribution in [0.5, 0.6) is 0 Å². The summed E-state index contributed by atoms with van der Waals surface area (Å²) in [6.45, 7) is 0. The summed E-state index contributed by atoms with van der Waals surface area (Å²) < 4.78 is 0. The van der Waals surface area contributed by atoms with Crippen molar-refractivity contribution < 1.29 is 4.79 Å². The van der Waals surface area contributed by atoms with Crippen molar-refractivity contribution in [2.24, 2.45) is 0 Å². The van der Waals surface area contributed by atoms with Gasteiger partial charge in [0, 0.05) is 5.56 Å². The number of hydrogen-bond acceptors (Lipinski definition) is 3. The van der Waals surface area contributed by atoms with Gasteiger partial charge in [0.05, 0.1) is 12.4 Å². The molecule has 0 saturated heterocycles. The summed E-state index contributed by atoms with van der Waals surface area (Å²) in [6.07, 6.45) is 2.80. The highest BCUT2D eigenvalue weighted by Crippen LogP contribution is 2.08. The van der Waals surface area contributed by atoms with Gasteiger partial charge in [-0.25, -0.2) is 4.98 Å². The molecule has 1 aromatic carbocycles. The molecule has 0 bridgehead atoms. The Balaban J connectivity index is 2.37. The van der Waals surface area contributed by atoms with E-state index in [1.54, 1.807) is 24.3 Å². The van der Waals surface area contributed by atoms with E-state index in [2.05, 4.69) is 9.97 Å². The minimum Gasteiger partial charge on any atom is -0.287 e. The molecule has 0 N–H and O–H groups in total. The molecule has 0 amide bonds. The fourth-order valence-electron chi connectivity index (χ4n) is 1.19. The van der Waals surface area contributed by atoms with Gasteiger partial charge in [0.25, 0.3) is 0 Å². The predicted molar refractivity (Wildman–Crippen MR) is 56.9 cm³/mol. The van der Waals surface area contributed by atoms with E-state index >= 15 is 0 Å². The smallest absolute Gasteiger partial charge is 0.212 e. The summed E-state index contributed by atoms with van der Waals surface area (Å²) in [5, 5.41) is 0.219. The Kier molecular flexibility index (Phi) is 2.74. The first kappa shape index (κ1) is 9.80. The topological polar surface area (TPSA) is 42.9 Å². The van der Waals surface area contributed by atoms with Gasteiger partial charge >= 0.3 is 0 Å². The quantitative estimate of drug-likeness (QED) is 0.727. The number of carbonyl (C=O) groups is 1. The molecule has 0 fully saturated rings. The van der Waals surface area contributed by atoms with Gasteiger partial charge in [-0.2, -0.15) is 0 Å². The van der Waals surface area contributed by atoms with Gasteiger partial charge in [0.15, 0.2) is 0 Å².